The quantitative estimate of drug-likeness (QED) is 0.824. The zero-order chi connectivity index (χ0) is 10.4. The fourth-order valence-corrected chi connectivity index (χ4v) is 2.10. The van der Waals surface area contributed by atoms with Crippen LogP contribution in [0.25, 0.3) is 5.65 Å². The summed E-state index contributed by atoms with van der Waals surface area (Å²) in [6.07, 6.45) is 1.89. The Hall–Kier alpha value is -1.14. The maximum Gasteiger partial charge on any atom is 0.245 e. The van der Waals surface area contributed by atoms with E-state index >= 15 is 0 Å². The summed E-state index contributed by atoms with van der Waals surface area (Å²) in [7, 11) is 0. The molecule has 3 rings (SSSR count). The van der Waals surface area contributed by atoms with Crippen molar-refractivity contribution in [1.29, 1.82) is 0 Å². The van der Waals surface area contributed by atoms with E-state index in [1.54, 1.807) is 4.52 Å². The summed E-state index contributed by atoms with van der Waals surface area (Å²) in [4.78, 5) is 6.52. The van der Waals surface area contributed by atoms with Gasteiger partial charge in [-0.1, -0.05) is 0 Å². The summed E-state index contributed by atoms with van der Waals surface area (Å²) in [6, 6.07) is 4.15. The van der Waals surface area contributed by atoms with Gasteiger partial charge in [0.2, 0.25) is 5.95 Å². The van der Waals surface area contributed by atoms with Crippen molar-refractivity contribution in [2.45, 2.75) is 6.04 Å². The third-order valence-electron chi connectivity index (χ3n) is 2.50. The van der Waals surface area contributed by atoms with Crippen molar-refractivity contribution in [1.82, 2.24) is 14.6 Å². The van der Waals surface area contributed by atoms with Gasteiger partial charge in [-0.15, -0.1) is 5.10 Å². The highest BCUT2D eigenvalue weighted by Gasteiger charge is 2.26. The zero-order valence-electron chi connectivity index (χ0n) is 7.97. The second-order valence-electron chi connectivity index (χ2n) is 3.70. The average molecular weight is 268 g/mol. The van der Waals surface area contributed by atoms with Gasteiger partial charge in [0.1, 0.15) is 0 Å². The first-order valence-corrected chi connectivity index (χ1v) is 5.55. The Labute approximate surface area is 95.0 Å². The lowest BCUT2D eigenvalue weighted by Gasteiger charge is -2.35. The predicted octanol–water partition coefficient (Wildman–Crippen LogP) is 0.639. The molecule has 0 atom stereocenters. The van der Waals surface area contributed by atoms with Gasteiger partial charge in [0.05, 0.1) is 4.47 Å². The number of anilines is 1. The highest BCUT2D eigenvalue weighted by molar-refractivity contribution is 9.10. The highest BCUT2D eigenvalue weighted by atomic mass is 79.9. The monoisotopic (exact) mass is 267 g/mol. The summed E-state index contributed by atoms with van der Waals surface area (Å²) in [5, 5.41) is 4.38. The van der Waals surface area contributed by atoms with Crippen LogP contribution in [0.3, 0.4) is 0 Å². The molecule has 2 N–H and O–H groups in total. The summed E-state index contributed by atoms with van der Waals surface area (Å²) in [5.74, 6) is 0.753. The minimum Gasteiger partial charge on any atom is -0.336 e. The molecule has 0 bridgehead atoms. The molecule has 0 aliphatic carbocycles. The standard InChI is InChI=1S/C9H10BrN5/c10-7-2-1-3-15-8(7)12-9(13-15)14-4-6(11)5-14/h1-3,6H,4-5,11H2. The smallest absolute Gasteiger partial charge is 0.245 e. The maximum absolute atomic E-state index is 5.72. The second-order valence-corrected chi connectivity index (χ2v) is 4.56. The Kier molecular flexibility index (Phi) is 1.93. The van der Waals surface area contributed by atoms with Gasteiger partial charge in [0.25, 0.3) is 0 Å². The van der Waals surface area contributed by atoms with E-state index in [4.69, 9.17) is 5.73 Å². The lowest BCUT2D eigenvalue weighted by atomic mass is 10.1. The number of pyridine rings is 1. The Morgan fingerprint density at radius 1 is 1.47 bits per heavy atom. The Morgan fingerprint density at radius 3 is 2.93 bits per heavy atom. The van der Waals surface area contributed by atoms with Gasteiger partial charge < -0.3 is 10.6 Å². The third-order valence-corrected chi connectivity index (χ3v) is 3.12. The summed E-state index contributed by atoms with van der Waals surface area (Å²) in [6.45, 7) is 1.68. The molecule has 2 aromatic rings. The predicted molar refractivity (Wildman–Crippen MR) is 60.9 cm³/mol. The van der Waals surface area contributed by atoms with Crippen molar-refractivity contribution < 1.29 is 0 Å². The molecule has 0 radical (unpaired) electrons. The van der Waals surface area contributed by atoms with Crippen LogP contribution >= 0.6 is 15.9 Å². The van der Waals surface area contributed by atoms with E-state index in [1.165, 1.54) is 0 Å². The van der Waals surface area contributed by atoms with Crippen LogP contribution in [0.15, 0.2) is 22.8 Å². The average Bonchev–Trinajstić information content (AvgIpc) is 2.58. The Bertz CT molecular complexity index is 502. The fraction of sp³-hybridized carbons (Fsp3) is 0.333. The first-order chi connectivity index (χ1) is 7.24. The minimum absolute atomic E-state index is 0.264. The first-order valence-electron chi connectivity index (χ1n) is 4.75. The van der Waals surface area contributed by atoms with E-state index in [0.29, 0.717) is 0 Å². The van der Waals surface area contributed by atoms with E-state index in [-0.39, 0.29) is 6.04 Å². The molecule has 0 unspecified atom stereocenters. The highest BCUT2D eigenvalue weighted by Crippen LogP contribution is 2.20. The van der Waals surface area contributed by atoms with Crippen LogP contribution in [-0.2, 0) is 0 Å². The van der Waals surface area contributed by atoms with Crippen LogP contribution in [0.4, 0.5) is 5.95 Å². The summed E-state index contributed by atoms with van der Waals surface area (Å²) >= 11 is 3.44. The molecular weight excluding hydrogens is 258 g/mol. The van der Waals surface area contributed by atoms with Crippen molar-refractivity contribution in [3.05, 3.63) is 22.8 Å². The van der Waals surface area contributed by atoms with Gasteiger partial charge in [-0.25, -0.2) is 4.52 Å². The minimum atomic E-state index is 0.264. The van der Waals surface area contributed by atoms with Crippen molar-refractivity contribution in [2.75, 3.05) is 18.0 Å². The van der Waals surface area contributed by atoms with Crippen LogP contribution in [-0.4, -0.2) is 33.7 Å². The van der Waals surface area contributed by atoms with Crippen LogP contribution in [0.2, 0.25) is 0 Å². The number of nitrogens with zero attached hydrogens (tertiary/aromatic N) is 4. The molecule has 2 aromatic heterocycles. The number of aromatic nitrogens is 3. The Balaban J connectivity index is 2.03. The van der Waals surface area contributed by atoms with Gasteiger partial charge >= 0.3 is 0 Å². The van der Waals surface area contributed by atoms with E-state index in [0.717, 1.165) is 29.2 Å². The zero-order valence-corrected chi connectivity index (χ0v) is 9.55. The van der Waals surface area contributed by atoms with E-state index < -0.39 is 0 Å². The number of hydrogen-bond donors (Lipinski definition) is 1. The molecule has 0 saturated carbocycles. The topological polar surface area (TPSA) is 59.5 Å². The number of nitrogens with two attached hydrogens (primary N) is 1. The molecule has 1 aliphatic heterocycles. The molecule has 0 spiro atoms. The van der Waals surface area contributed by atoms with Gasteiger partial charge in [-0.3, -0.25) is 0 Å². The molecule has 3 heterocycles. The van der Waals surface area contributed by atoms with Crippen molar-refractivity contribution in [2.24, 2.45) is 5.73 Å². The molecule has 1 aliphatic rings. The molecular formula is C9H10BrN5. The van der Waals surface area contributed by atoms with Crippen molar-refractivity contribution in [3.63, 3.8) is 0 Å². The number of fused-ring (bicyclic) bond motifs is 1. The van der Waals surface area contributed by atoms with E-state index in [1.807, 2.05) is 18.3 Å². The lowest BCUT2D eigenvalue weighted by Crippen LogP contribution is -2.56. The van der Waals surface area contributed by atoms with E-state index in [9.17, 15) is 0 Å². The lowest BCUT2D eigenvalue weighted by molar-refractivity contribution is 0.509. The SMILES string of the molecule is NC1CN(c2nc3c(Br)cccn3n2)C1. The normalized spacial score (nSPS) is 17.1. The number of rotatable bonds is 1. The van der Waals surface area contributed by atoms with Crippen LogP contribution < -0.4 is 10.6 Å². The summed E-state index contributed by atoms with van der Waals surface area (Å²) < 4.78 is 2.72. The number of hydrogen-bond acceptors (Lipinski definition) is 4. The summed E-state index contributed by atoms with van der Waals surface area (Å²) in [5.41, 5.74) is 6.56. The maximum atomic E-state index is 5.72. The third kappa shape index (κ3) is 1.40. The Morgan fingerprint density at radius 2 is 2.27 bits per heavy atom. The van der Waals surface area contributed by atoms with Crippen molar-refractivity contribution in [3.8, 4) is 0 Å². The van der Waals surface area contributed by atoms with Crippen LogP contribution in [0, 0.1) is 0 Å². The molecule has 0 amide bonds. The fourth-order valence-electron chi connectivity index (χ4n) is 1.67. The molecule has 1 saturated heterocycles. The molecule has 0 aromatic carbocycles. The van der Waals surface area contributed by atoms with Gasteiger partial charge in [0, 0.05) is 25.3 Å². The van der Waals surface area contributed by atoms with Crippen molar-refractivity contribution >= 4 is 27.5 Å². The van der Waals surface area contributed by atoms with Crippen LogP contribution in [0.5, 0.6) is 0 Å². The van der Waals surface area contributed by atoms with Crippen LogP contribution in [0.1, 0.15) is 0 Å². The molecule has 78 valence electrons. The molecule has 6 heteroatoms. The van der Waals surface area contributed by atoms with Gasteiger partial charge in [-0.2, -0.15) is 4.98 Å². The van der Waals surface area contributed by atoms with E-state index in [2.05, 4.69) is 30.9 Å². The first kappa shape index (κ1) is 9.11. The van der Waals surface area contributed by atoms with Gasteiger partial charge in [0.15, 0.2) is 5.65 Å². The molecule has 5 nitrogen and oxygen atoms in total. The number of halogens is 1. The molecule has 1 fully saturated rings. The van der Waals surface area contributed by atoms with Gasteiger partial charge in [-0.05, 0) is 28.1 Å². The molecule has 15 heavy (non-hydrogen) atoms. The largest absolute Gasteiger partial charge is 0.336 e. The second kappa shape index (κ2) is 3.18.